The topological polar surface area (TPSA) is 64.6 Å². The Hall–Kier alpha value is -1.80. The van der Waals surface area contributed by atoms with Crippen molar-refractivity contribution in [2.45, 2.75) is 4.21 Å². The Morgan fingerprint density at radius 1 is 1.15 bits per heavy atom. The average molecular weight is 317 g/mol. The third kappa shape index (κ3) is 3.02. The van der Waals surface area contributed by atoms with Crippen LogP contribution in [0, 0.1) is 5.13 Å². The largest absolute Gasteiger partial charge is 0.497 e. The fraction of sp³-hybridized carbons (Fsp3) is 0.167. The molecule has 1 heterocycles. The quantitative estimate of drug-likeness (QED) is 0.921. The molecule has 0 aliphatic heterocycles. The summed E-state index contributed by atoms with van der Waals surface area (Å²) in [5.74, 6) is 0.844. The summed E-state index contributed by atoms with van der Waals surface area (Å²) in [4.78, 5) is 0. The van der Waals surface area contributed by atoms with Crippen LogP contribution in [0.1, 0.15) is 0 Å². The Labute approximate surface area is 120 Å². The molecule has 0 fully saturated rings. The van der Waals surface area contributed by atoms with Crippen LogP contribution in [0.5, 0.6) is 11.5 Å². The number of methoxy groups -OCH3 is 2. The molecule has 0 atom stereocenters. The van der Waals surface area contributed by atoms with Crippen LogP contribution in [0.25, 0.3) is 0 Å². The lowest BCUT2D eigenvalue weighted by molar-refractivity contribution is 0.395. The first-order valence-electron chi connectivity index (χ1n) is 5.46. The number of nitrogens with one attached hydrogen (secondary N) is 1. The summed E-state index contributed by atoms with van der Waals surface area (Å²) in [6, 6.07) is 6.96. The van der Waals surface area contributed by atoms with Gasteiger partial charge in [0.2, 0.25) is 0 Å². The highest BCUT2D eigenvalue weighted by Crippen LogP contribution is 2.31. The van der Waals surface area contributed by atoms with Crippen molar-refractivity contribution >= 4 is 27.0 Å². The van der Waals surface area contributed by atoms with E-state index in [0.29, 0.717) is 22.8 Å². The van der Waals surface area contributed by atoms with Crippen molar-refractivity contribution in [3.8, 4) is 11.5 Å². The van der Waals surface area contributed by atoms with Crippen LogP contribution in [-0.4, -0.2) is 22.6 Å². The summed E-state index contributed by atoms with van der Waals surface area (Å²) in [5.41, 5.74) is 0.252. The Morgan fingerprint density at radius 3 is 2.45 bits per heavy atom. The van der Waals surface area contributed by atoms with Crippen molar-refractivity contribution in [1.29, 1.82) is 0 Å². The Morgan fingerprint density at radius 2 is 1.90 bits per heavy atom. The lowest BCUT2D eigenvalue weighted by Gasteiger charge is -2.12. The standard InChI is InChI=1S/C12H12FNO4S2/c1-17-8-3-4-9(10(7-8)18-2)14-20(15,16)12-6-5-11(13)19-12/h3-7,14H,1-2H3. The summed E-state index contributed by atoms with van der Waals surface area (Å²) in [7, 11) is -0.930. The van der Waals surface area contributed by atoms with E-state index in [4.69, 9.17) is 9.47 Å². The van der Waals surface area contributed by atoms with Gasteiger partial charge in [0.25, 0.3) is 10.0 Å². The van der Waals surface area contributed by atoms with Crippen molar-refractivity contribution in [3.05, 3.63) is 35.5 Å². The molecular weight excluding hydrogens is 305 g/mol. The summed E-state index contributed by atoms with van der Waals surface area (Å²) in [5, 5.41) is -0.563. The summed E-state index contributed by atoms with van der Waals surface area (Å²) >= 11 is 0.552. The van der Waals surface area contributed by atoms with Crippen molar-refractivity contribution < 1.29 is 22.3 Å². The molecule has 0 amide bonds. The molecule has 0 aliphatic carbocycles. The second-order valence-electron chi connectivity index (χ2n) is 3.73. The van der Waals surface area contributed by atoms with Gasteiger partial charge >= 0.3 is 0 Å². The number of sulfonamides is 1. The summed E-state index contributed by atoms with van der Waals surface area (Å²) < 4.78 is 49.5. The summed E-state index contributed by atoms with van der Waals surface area (Å²) in [6.45, 7) is 0. The molecule has 0 radical (unpaired) electrons. The molecule has 0 bridgehead atoms. The maximum atomic E-state index is 12.9. The highest BCUT2D eigenvalue weighted by Gasteiger charge is 2.19. The number of halogens is 1. The second kappa shape index (κ2) is 5.68. The average Bonchev–Trinajstić information content (AvgIpc) is 2.86. The van der Waals surface area contributed by atoms with E-state index in [1.165, 1.54) is 26.4 Å². The van der Waals surface area contributed by atoms with Crippen molar-refractivity contribution in [2.75, 3.05) is 18.9 Å². The molecule has 5 nitrogen and oxygen atoms in total. The number of anilines is 1. The second-order valence-corrected chi connectivity index (χ2v) is 6.67. The number of hydrogen-bond donors (Lipinski definition) is 1. The SMILES string of the molecule is COc1ccc(NS(=O)(=O)c2ccc(F)s2)c(OC)c1. The minimum atomic E-state index is -3.84. The molecule has 8 heteroatoms. The van der Waals surface area contributed by atoms with Crippen LogP contribution < -0.4 is 14.2 Å². The van der Waals surface area contributed by atoms with Crippen LogP contribution in [0.15, 0.2) is 34.5 Å². The molecule has 2 aromatic rings. The van der Waals surface area contributed by atoms with Gasteiger partial charge in [-0.1, -0.05) is 11.3 Å². The Bertz CT molecular complexity index is 712. The van der Waals surface area contributed by atoms with Gasteiger partial charge in [-0.2, -0.15) is 4.39 Å². The molecule has 2 rings (SSSR count). The predicted molar refractivity (Wildman–Crippen MR) is 74.6 cm³/mol. The monoisotopic (exact) mass is 317 g/mol. The van der Waals surface area contributed by atoms with E-state index in [1.54, 1.807) is 12.1 Å². The lowest BCUT2D eigenvalue weighted by atomic mass is 10.3. The molecule has 1 N–H and O–H groups in total. The van der Waals surface area contributed by atoms with E-state index in [1.807, 2.05) is 0 Å². The van der Waals surface area contributed by atoms with Crippen molar-refractivity contribution in [3.63, 3.8) is 0 Å². The van der Waals surface area contributed by atoms with Gasteiger partial charge in [0, 0.05) is 6.07 Å². The molecule has 1 aromatic heterocycles. The Balaban J connectivity index is 2.34. The lowest BCUT2D eigenvalue weighted by Crippen LogP contribution is -2.12. The van der Waals surface area contributed by atoms with Gasteiger partial charge in [-0.25, -0.2) is 8.42 Å². The van der Waals surface area contributed by atoms with Gasteiger partial charge < -0.3 is 9.47 Å². The van der Waals surface area contributed by atoms with Gasteiger partial charge in [-0.15, -0.1) is 0 Å². The van der Waals surface area contributed by atoms with Crippen LogP contribution in [-0.2, 0) is 10.0 Å². The van der Waals surface area contributed by atoms with Crippen molar-refractivity contribution in [2.24, 2.45) is 0 Å². The minimum Gasteiger partial charge on any atom is -0.497 e. The molecular formula is C12H12FNO4S2. The zero-order chi connectivity index (χ0) is 14.8. The first kappa shape index (κ1) is 14.6. The van der Waals surface area contributed by atoms with Gasteiger partial charge in [-0.3, -0.25) is 4.72 Å². The molecule has 0 aliphatic rings. The number of thiophene rings is 1. The smallest absolute Gasteiger partial charge is 0.271 e. The van der Waals surface area contributed by atoms with Gasteiger partial charge in [0.1, 0.15) is 15.7 Å². The molecule has 1 aromatic carbocycles. The fourth-order valence-electron chi connectivity index (χ4n) is 1.52. The van der Waals surface area contributed by atoms with E-state index < -0.39 is 15.2 Å². The van der Waals surface area contributed by atoms with Gasteiger partial charge in [0.05, 0.1) is 19.9 Å². The van der Waals surface area contributed by atoms with Crippen LogP contribution in [0.2, 0.25) is 0 Å². The molecule has 108 valence electrons. The van der Waals surface area contributed by atoms with Crippen LogP contribution in [0.4, 0.5) is 10.1 Å². The summed E-state index contributed by atoms with van der Waals surface area (Å²) in [6.07, 6.45) is 0. The molecule has 0 spiro atoms. The zero-order valence-corrected chi connectivity index (χ0v) is 12.3. The van der Waals surface area contributed by atoms with E-state index in [-0.39, 0.29) is 9.90 Å². The Kier molecular flexibility index (Phi) is 4.15. The molecule has 0 saturated heterocycles. The highest BCUT2D eigenvalue weighted by atomic mass is 32.2. The third-order valence-corrected chi connectivity index (χ3v) is 5.20. The first-order chi connectivity index (χ1) is 9.46. The van der Waals surface area contributed by atoms with Gasteiger partial charge in [-0.05, 0) is 24.3 Å². The number of ether oxygens (including phenoxy) is 2. The molecule has 20 heavy (non-hydrogen) atoms. The van der Waals surface area contributed by atoms with Crippen molar-refractivity contribution in [1.82, 2.24) is 0 Å². The number of benzene rings is 1. The molecule has 0 unspecified atom stereocenters. The van der Waals surface area contributed by atoms with E-state index in [0.717, 1.165) is 6.07 Å². The number of rotatable bonds is 5. The normalized spacial score (nSPS) is 11.2. The van der Waals surface area contributed by atoms with E-state index in [2.05, 4.69) is 4.72 Å². The minimum absolute atomic E-state index is 0.104. The fourth-order valence-corrected chi connectivity index (χ4v) is 3.59. The van der Waals surface area contributed by atoms with E-state index >= 15 is 0 Å². The zero-order valence-electron chi connectivity index (χ0n) is 10.7. The maximum absolute atomic E-state index is 12.9. The first-order valence-corrected chi connectivity index (χ1v) is 7.76. The van der Waals surface area contributed by atoms with Gasteiger partial charge in [0.15, 0.2) is 5.13 Å². The van der Waals surface area contributed by atoms with E-state index in [9.17, 15) is 12.8 Å². The van der Waals surface area contributed by atoms with Crippen LogP contribution >= 0.6 is 11.3 Å². The maximum Gasteiger partial charge on any atom is 0.271 e. The predicted octanol–water partition coefficient (Wildman–Crippen LogP) is 2.71. The highest BCUT2D eigenvalue weighted by molar-refractivity contribution is 7.94. The molecule has 0 saturated carbocycles. The number of hydrogen-bond acceptors (Lipinski definition) is 5. The van der Waals surface area contributed by atoms with Crippen LogP contribution in [0.3, 0.4) is 0 Å². The third-order valence-electron chi connectivity index (χ3n) is 2.47.